The molecule has 0 radical (unpaired) electrons. The predicted octanol–water partition coefficient (Wildman–Crippen LogP) is 1.54. The van der Waals surface area contributed by atoms with Gasteiger partial charge in [0.15, 0.2) is 0 Å². The molecule has 94 valence electrons. The number of carbonyl (C=O) groups excluding carboxylic acids is 1. The Hall–Kier alpha value is -1.65. The molecule has 0 aliphatic carbocycles. The second kappa shape index (κ2) is 6.18. The molecule has 1 amide bonds. The van der Waals surface area contributed by atoms with Gasteiger partial charge in [0.2, 0.25) is 11.9 Å². The number of aromatic nitrogens is 2. The molecule has 2 N–H and O–H groups in total. The highest BCUT2D eigenvalue weighted by Gasteiger charge is 2.06. The van der Waals surface area contributed by atoms with Crippen LogP contribution in [0.5, 0.6) is 0 Å². The van der Waals surface area contributed by atoms with Crippen molar-refractivity contribution < 1.29 is 4.79 Å². The van der Waals surface area contributed by atoms with Crippen molar-refractivity contribution in [3.63, 3.8) is 0 Å². The summed E-state index contributed by atoms with van der Waals surface area (Å²) in [4.78, 5) is 19.4. The van der Waals surface area contributed by atoms with Crippen LogP contribution in [0.4, 0.5) is 5.95 Å². The lowest BCUT2D eigenvalue weighted by Crippen LogP contribution is -2.36. The van der Waals surface area contributed by atoms with Gasteiger partial charge in [0, 0.05) is 31.4 Å². The number of carbonyl (C=O) groups is 1. The molecular weight excluding hydrogens is 216 g/mol. The molecule has 1 rings (SSSR count). The molecular formula is C12H20N4O. The van der Waals surface area contributed by atoms with Crippen LogP contribution < -0.4 is 10.6 Å². The lowest BCUT2D eigenvalue weighted by Gasteiger charge is -2.14. The van der Waals surface area contributed by atoms with Crippen LogP contribution in [0.2, 0.25) is 0 Å². The summed E-state index contributed by atoms with van der Waals surface area (Å²) in [6, 6.07) is 1.96. The summed E-state index contributed by atoms with van der Waals surface area (Å²) in [6.45, 7) is 8.23. The largest absolute Gasteiger partial charge is 0.352 e. The minimum Gasteiger partial charge on any atom is -0.352 e. The van der Waals surface area contributed by atoms with E-state index in [1.165, 1.54) is 6.92 Å². The lowest BCUT2D eigenvalue weighted by atomic mass is 10.1. The molecule has 0 bridgehead atoms. The van der Waals surface area contributed by atoms with Crippen LogP contribution in [0.15, 0.2) is 12.3 Å². The number of hydrogen-bond acceptors (Lipinski definition) is 4. The van der Waals surface area contributed by atoms with Crippen molar-refractivity contribution in [2.45, 2.75) is 39.7 Å². The van der Waals surface area contributed by atoms with Crippen LogP contribution >= 0.6 is 0 Å². The Morgan fingerprint density at radius 3 is 2.71 bits per heavy atom. The van der Waals surface area contributed by atoms with Gasteiger partial charge < -0.3 is 10.6 Å². The van der Waals surface area contributed by atoms with Gasteiger partial charge in [-0.15, -0.1) is 0 Å². The molecule has 0 aliphatic rings. The smallest absolute Gasteiger partial charge is 0.222 e. The highest BCUT2D eigenvalue weighted by Crippen LogP contribution is 2.11. The number of anilines is 1. The van der Waals surface area contributed by atoms with Gasteiger partial charge in [0.1, 0.15) is 0 Å². The number of amides is 1. The van der Waals surface area contributed by atoms with E-state index in [1.807, 2.05) is 13.0 Å². The van der Waals surface area contributed by atoms with E-state index >= 15 is 0 Å². The second-order valence-corrected chi connectivity index (χ2v) is 4.44. The minimum absolute atomic E-state index is 0.0313. The Morgan fingerprint density at radius 1 is 1.41 bits per heavy atom. The van der Waals surface area contributed by atoms with Crippen molar-refractivity contribution >= 4 is 11.9 Å². The van der Waals surface area contributed by atoms with E-state index in [0.717, 1.165) is 5.69 Å². The molecule has 0 aliphatic heterocycles. The van der Waals surface area contributed by atoms with Crippen molar-refractivity contribution in [3.8, 4) is 0 Å². The maximum atomic E-state index is 10.8. The van der Waals surface area contributed by atoms with E-state index in [1.54, 1.807) is 6.20 Å². The van der Waals surface area contributed by atoms with Crippen LogP contribution in [-0.4, -0.2) is 28.5 Å². The average molecular weight is 236 g/mol. The maximum Gasteiger partial charge on any atom is 0.222 e. The van der Waals surface area contributed by atoms with E-state index in [9.17, 15) is 4.79 Å². The van der Waals surface area contributed by atoms with E-state index in [0.29, 0.717) is 18.4 Å². The average Bonchev–Trinajstić information content (AvgIpc) is 2.26. The van der Waals surface area contributed by atoms with Gasteiger partial charge in [0.25, 0.3) is 0 Å². The second-order valence-electron chi connectivity index (χ2n) is 4.44. The van der Waals surface area contributed by atoms with Crippen molar-refractivity contribution in [2.75, 3.05) is 11.9 Å². The fourth-order valence-electron chi connectivity index (χ4n) is 1.42. The Labute approximate surface area is 102 Å². The monoisotopic (exact) mass is 236 g/mol. The number of nitrogens with one attached hydrogen (secondary N) is 2. The molecule has 1 aromatic rings. The van der Waals surface area contributed by atoms with Gasteiger partial charge in [-0.05, 0) is 18.9 Å². The Morgan fingerprint density at radius 2 is 2.12 bits per heavy atom. The van der Waals surface area contributed by atoms with E-state index < -0.39 is 0 Å². The highest BCUT2D eigenvalue weighted by atomic mass is 16.1. The van der Waals surface area contributed by atoms with Gasteiger partial charge in [-0.2, -0.15) is 0 Å². The molecule has 1 aromatic heterocycles. The van der Waals surface area contributed by atoms with Gasteiger partial charge in [-0.25, -0.2) is 9.97 Å². The van der Waals surface area contributed by atoms with Gasteiger partial charge in [-0.1, -0.05) is 13.8 Å². The van der Waals surface area contributed by atoms with Crippen molar-refractivity contribution in [3.05, 3.63) is 18.0 Å². The highest BCUT2D eigenvalue weighted by molar-refractivity contribution is 5.73. The van der Waals surface area contributed by atoms with Gasteiger partial charge in [0.05, 0.1) is 0 Å². The summed E-state index contributed by atoms with van der Waals surface area (Å²) in [7, 11) is 0. The number of nitrogens with zero attached hydrogens (tertiary/aromatic N) is 2. The van der Waals surface area contributed by atoms with Crippen molar-refractivity contribution in [1.29, 1.82) is 0 Å². The maximum absolute atomic E-state index is 10.8. The molecule has 1 heterocycles. The summed E-state index contributed by atoms with van der Waals surface area (Å²) in [6.07, 6.45) is 1.74. The summed E-state index contributed by atoms with van der Waals surface area (Å²) in [5.74, 6) is 0.955. The molecule has 1 atom stereocenters. The first-order valence-corrected chi connectivity index (χ1v) is 5.83. The third-order valence-electron chi connectivity index (χ3n) is 2.28. The Kier molecular flexibility index (Phi) is 4.87. The Balaban J connectivity index is 2.51. The van der Waals surface area contributed by atoms with Gasteiger partial charge in [-0.3, -0.25) is 4.79 Å². The molecule has 5 nitrogen and oxygen atoms in total. The lowest BCUT2D eigenvalue weighted by molar-refractivity contribution is -0.119. The molecule has 0 saturated carbocycles. The molecule has 0 fully saturated rings. The standard InChI is InChI=1S/C12H20N4O/c1-8(2)11-5-6-13-12(16-11)14-7-9(3)15-10(4)17/h5-6,8-9H,7H2,1-4H3,(H,15,17)(H,13,14,16)/t9-/m0/s1. The van der Waals surface area contributed by atoms with E-state index in [2.05, 4.69) is 34.4 Å². The quantitative estimate of drug-likeness (QED) is 0.813. The van der Waals surface area contributed by atoms with Gasteiger partial charge >= 0.3 is 0 Å². The van der Waals surface area contributed by atoms with Crippen LogP contribution in [-0.2, 0) is 4.79 Å². The molecule has 0 spiro atoms. The Bertz CT molecular complexity index is 379. The molecule has 0 aromatic carbocycles. The van der Waals surface area contributed by atoms with Crippen LogP contribution in [0, 0.1) is 0 Å². The molecule has 17 heavy (non-hydrogen) atoms. The molecule has 0 unspecified atom stereocenters. The minimum atomic E-state index is -0.0313. The third-order valence-corrected chi connectivity index (χ3v) is 2.28. The topological polar surface area (TPSA) is 66.9 Å². The van der Waals surface area contributed by atoms with E-state index in [4.69, 9.17) is 0 Å². The van der Waals surface area contributed by atoms with Crippen LogP contribution in [0.1, 0.15) is 39.3 Å². The number of rotatable bonds is 5. The zero-order valence-electron chi connectivity index (χ0n) is 10.8. The van der Waals surface area contributed by atoms with Crippen LogP contribution in [0.25, 0.3) is 0 Å². The number of hydrogen-bond donors (Lipinski definition) is 2. The SMILES string of the molecule is CC(=O)N[C@@H](C)CNc1nccc(C(C)C)n1. The first-order chi connectivity index (χ1) is 7.99. The third kappa shape index (κ3) is 4.80. The molecule has 0 saturated heterocycles. The summed E-state index contributed by atoms with van der Waals surface area (Å²) < 4.78 is 0. The first kappa shape index (κ1) is 13.4. The predicted molar refractivity (Wildman–Crippen MR) is 67.9 cm³/mol. The van der Waals surface area contributed by atoms with Crippen molar-refractivity contribution in [2.24, 2.45) is 0 Å². The fourth-order valence-corrected chi connectivity index (χ4v) is 1.42. The normalized spacial score (nSPS) is 12.3. The first-order valence-electron chi connectivity index (χ1n) is 5.83. The van der Waals surface area contributed by atoms with E-state index in [-0.39, 0.29) is 11.9 Å². The summed E-state index contributed by atoms with van der Waals surface area (Å²) in [5, 5.41) is 5.90. The van der Waals surface area contributed by atoms with Crippen LogP contribution in [0.3, 0.4) is 0 Å². The van der Waals surface area contributed by atoms with Crippen molar-refractivity contribution in [1.82, 2.24) is 15.3 Å². The summed E-state index contributed by atoms with van der Waals surface area (Å²) >= 11 is 0. The fraction of sp³-hybridized carbons (Fsp3) is 0.583. The molecule has 5 heteroatoms. The zero-order chi connectivity index (χ0) is 12.8. The zero-order valence-corrected chi connectivity index (χ0v) is 10.8. The summed E-state index contributed by atoms with van der Waals surface area (Å²) in [5.41, 5.74) is 1.01.